The molecule has 4 nitrogen and oxygen atoms in total. The second kappa shape index (κ2) is 11.0. The summed E-state index contributed by atoms with van der Waals surface area (Å²) in [6.45, 7) is 10.6. The predicted octanol–water partition coefficient (Wildman–Crippen LogP) is -0.519. The Morgan fingerprint density at radius 2 is 1.42 bits per heavy atom. The molecule has 1 aromatic rings. The van der Waals surface area contributed by atoms with Gasteiger partial charge in [0, 0.05) is 21.3 Å². The van der Waals surface area contributed by atoms with Crippen molar-refractivity contribution in [3.63, 3.8) is 0 Å². The summed E-state index contributed by atoms with van der Waals surface area (Å²) in [6, 6.07) is 6.60. The molecule has 0 amide bonds. The number of aryl methyl sites for hydroxylation is 1. The Morgan fingerprint density at radius 1 is 1.16 bits per heavy atom. The summed E-state index contributed by atoms with van der Waals surface area (Å²) in [5, 5.41) is 15.0. The number of benzene rings is 1. The zero-order valence-corrected chi connectivity index (χ0v) is 16.2. The molecule has 0 spiro atoms. The minimum Gasteiger partial charge on any atom is -0.391 e. The van der Waals surface area contributed by atoms with Gasteiger partial charge in [0.1, 0.15) is 0 Å². The normalized spacial score (nSPS) is 9.89. The van der Waals surface area contributed by atoms with Crippen molar-refractivity contribution in [3.8, 4) is 6.57 Å². The third-order valence-electron chi connectivity index (χ3n) is 1.38. The molecule has 0 heterocycles. The fraction of sp³-hybridized carbons (Fsp3) is 0.385. The van der Waals surface area contributed by atoms with Crippen LogP contribution in [-0.4, -0.2) is 19.1 Å². The number of hydrogen-bond donors (Lipinski definition) is 1. The molecule has 0 atom stereocenters. The summed E-state index contributed by atoms with van der Waals surface area (Å²) < 4.78 is 21.7. The molecule has 0 radical (unpaired) electrons. The van der Waals surface area contributed by atoms with Gasteiger partial charge in [0.2, 0.25) is 0 Å². The van der Waals surface area contributed by atoms with Crippen molar-refractivity contribution in [2.75, 3.05) is 0 Å². The van der Waals surface area contributed by atoms with Crippen molar-refractivity contribution in [2.45, 2.75) is 38.2 Å². The Labute approximate surface area is 159 Å². The van der Waals surface area contributed by atoms with E-state index >= 15 is 0 Å². The van der Waals surface area contributed by atoms with Gasteiger partial charge >= 0.3 is 51.4 Å². The second-order valence-electron chi connectivity index (χ2n) is 4.60. The van der Waals surface area contributed by atoms with Gasteiger partial charge in [0.15, 0.2) is 0 Å². The van der Waals surface area contributed by atoms with Crippen molar-refractivity contribution in [1.82, 2.24) is 0 Å². The maximum Gasteiger partial charge on any atom is 1.00 e. The number of nitrogens with zero attached hydrogens (tertiary/aromatic N) is 1. The van der Waals surface area contributed by atoms with E-state index in [1.807, 2.05) is 6.92 Å². The van der Waals surface area contributed by atoms with Crippen LogP contribution in [0.4, 0.5) is 0 Å². The van der Waals surface area contributed by atoms with E-state index in [2.05, 4.69) is 12.8 Å². The molecule has 0 aliphatic rings. The van der Waals surface area contributed by atoms with Gasteiger partial charge < -0.3 is 5.11 Å². The van der Waals surface area contributed by atoms with Crippen LogP contribution in [0.25, 0.3) is 0 Å². The summed E-state index contributed by atoms with van der Waals surface area (Å²) in [6.07, 6.45) is 3.04. The first-order valence-electron chi connectivity index (χ1n) is 5.13. The molecule has 0 unspecified atom stereocenters. The monoisotopic (exact) mass is 309 g/mol. The van der Waals surface area contributed by atoms with E-state index in [0.717, 1.165) is 5.56 Å². The quantitative estimate of drug-likeness (QED) is 0.559. The van der Waals surface area contributed by atoms with E-state index < -0.39 is 15.4 Å². The fourth-order valence-electron chi connectivity index (χ4n) is 0.746. The van der Waals surface area contributed by atoms with Gasteiger partial charge in [-0.3, -0.25) is 8.42 Å². The zero-order chi connectivity index (χ0) is 15.0. The second-order valence-corrected chi connectivity index (χ2v) is 6.30. The molecule has 19 heavy (non-hydrogen) atoms. The Kier molecular flexibility index (Phi) is 14.0. The molecule has 0 saturated heterocycles. The number of sulfone groups is 1. The van der Waals surface area contributed by atoms with Crippen LogP contribution in [0.15, 0.2) is 29.2 Å². The smallest absolute Gasteiger partial charge is 0.391 e. The molecular formula is C13H20KNO3S. The van der Waals surface area contributed by atoms with Crippen LogP contribution in [0.5, 0.6) is 0 Å². The molecule has 0 fully saturated rings. The minimum atomic E-state index is -3.27. The Morgan fingerprint density at radius 3 is 1.63 bits per heavy atom. The largest absolute Gasteiger partial charge is 1.00 e. The summed E-state index contributed by atoms with van der Waals surface area (Å²) >= 11 is 0. The van der Waals surface area contributed by atoms with E-state index in [-0.39, 0.29) is 56.3 Å². The summed E-state index contributed by atoms with van der Waals surface area (Å²) in [7, 11) is -3.27. The molecule has 0 aromatic heterocycles. The van der Waals surface area contributed by atoms with Crippen LogP contribution in [0.1, 0.15) is 26.3 Å². The maximum absolute atomic E-state index is 10.8. The average molecular weight is 309 g/mol. The van der Waals surface area contributed by atoms with Crippen molar-refractivity contribution < 1.29 is 64.9 Å². The van der Waals surface area contributed by atoms with Crippen LogP contribution in [0, 0.1) is 25.0 Å². The van der Waals surface area contributed by atoms with Crippen LogP contribution in [-0.2, 0) is 9.84 Å². The van der Waals surface area contributed by atoms with Gasteiger partial charge in [-0.1, -0.05) is 17.7 Å². The molecule has 0 aliphatic heterocycles. The molecule has 6 heteroatoms. The van der Waals surface area contributed by atoms with E-state index in [4.69, 9.17) is 10.4 Å². The maximum atomic E-state index is 10.8. The van der Waals surface area contributed by atoms with Crippen LogP contribution >= 0.6 is 0 Å². The third-order valence-corrected chi connectivity index (χ3v) is 2.37. The van der Waals surface area contributed by atoms with Gasteiger partial charge in [-0.15, -0.1) is 0 Å². The molecule has 102 valence electrons. The van der Waals surface area contributed by atoms with Gasteiger partial charge in [-0.25, -0.2) is 11.5 Å². The van der Waals surface area contributed by atoms with Crippen molar-refractivity contribution in [1.29, 1.82) is 5.26 Å². The molecule has 0 saturated carbocycles. The van der Waals surface area contributed by atoms with Gasteiger partial charge in [-0.05, 0) is 39.8 Å². The zero-order valence-electron chi connectivity index (χ0n) is 12.2. The number of nitriles is 1. The summed E-state index contributed by atoms with van der Waals surface area (Å²) in [5.74, 6) is 0. The number of aliphatic hydroxyl groups is 1. The van der Waals surface area contributed by atoms with E-state index in [9.17, 15) is 8.42 Å². The molecule has 1 aromatic carbocycles. The van der Waals surface area contributed by atoms with Gasteiger partial charge in [-0.2, -0.15) is 0 Å². The first-order chi connectivity index (χ1) is 8.00. The van der Waals surface area contributed by atoms with Crippen LogP contribution < -0.4 is 51.4 Å². The number of hydrogen-bond acceptors (Lipinski definition) is 4. The van der Waals surface area contributed by atoms with Crippen LogP contribution in [0.2, 0.25) is 0 Å². The molecule has 1 rings (SSSR count). The average Bonchev–Trinajstić information content (AvgIpc) is 2.17. The molecule has 0 aliphatic carbocycles. The Bertz CT molecular complexity index is 453. The Hall–Kier alpha value is 0.256. The van der Waals surface area contributed by atoms with Crippen molar-refractivity contribution >= 4 is 9.84 Å². The van der Waals surface area contributed by atoms with E-state index in [0.29, 0.717) is 0 Å². The van der Waals surface area contributed by atoms with Gasteiger partial charge in [0.05, 0.1) is 5.60 Å². The minimum absolute atomic E-state index is 0. The predicted molar refractivity (Wildman–Crippen MR) is 72.4 cm³/mol. The third kappa shape index (κ3) is 18.3. The van der Waals surface area contributed by atoms with E-state index in [1.165, 1.54) is 0 Å². The standard InChI is InChI=1S/C8H9O2S.C4H10O.CHN.K/c1-7-3-5-8(6-4-7)11(2,9)10;1-4(2,3)5;1-2;/h3-6H,2H2,1H3;5H,1-3H3;1H;/q-1;;;+1. The van der Waals surface area contributed by atoms with Gasteiger partial charge in [0.25, 0.3) is 0 Å². The molecule has 0 bridgehead atoms. The van der Waals surface area contributed by atoms with E-state index in [1.54, 1.807) is 45.0 Å². The first-order valence-corrected chi connectivity index (χ1v) is 6.78. The van der Waals surface area contributed by atoms with Crippen molar-refractivity contribution in [2.24, 2.45) is 0 Å². The Balaban J connectivity index is -0.000000275. The SMILES string of the molecule is C#N.CC(C)(C)O.[CH2-]S(=O)(=O)c1ccc(C)cc1.[K+]. The van der Waals surface area contributed by atoms with Crippen LogP contribution in [0.3, 0.4) is 0 Å². The van der Waals surface area contributed by atoms with Crippen molar-refractivity contribution in [3.05, 3.63) is 36.1 Å². The fourth-order valence-corrected chi connectivity index (χ4v) is 1.30. The molecule has 1 N–H and O–H groups in total. The summed E-state index contributed by atoms with van der Waals surface area (Å²) in [5.41, 5.74) is 0.539. The topological polar surface area (TPSA) is 78.2 Å². The number of rotatable bonds is 1. The molecular weight excluding hydrogens is 289 g/mol. The first kappa shape index (κ1) is 24.3. The summed E-state index contributed by atoms with van der Waals surface area (Å²) in [4.78, 5) is 0.267.